The summed E-state index contributed by atoms with van der Waals surface area (Å²) in [5.41, 5.74) is 0.760. The van der Waals surface area contributed by atoms with Crippen LogP contribution in [0.3, 0.4) is 0 Å². The van der Waals surface area contributed by atoms with Gasteiger partial charge < -0.3 is 14.9 Å². The highest BCUT2D eigenvalue weighted by molar-refractivity contribution is 5.85. The zero-order valence-corrected chi connectivity index (χ0v) is 11.6. The molecule has 1 fully saturated rings. The van der Waals surface area contributed by atoms with E-state index in [-0.39, 0.29) is 5.69 Å². The second kappa shape index (κ2) is 5.52. The molecule has 2 heterocycles. The van der Waals surface area contributed by atoms with Crippen LogP contribution in [0.4, 0.5) is 5.95 Å². The van der Waals surface area contributed by atoms with Gasteiger partial charge in [-0.2, -0.15) is 0 Å². The monoisotopic (exact) mass is 264 g/mol. The third-order valence-electron chi connectivity index (χ3n) is 3.27. The normalized spacial score (nSPS) is 19.2. The Kier molecular flexibility index (Phi) is 3.99. The molecule has 1 aliphatic heterocycles. The lowest BCUT2D eigenvalue weighted by Gasteiger charge is -2.27. The Bertz CT molecular complexity index is 476. The summed E-state index contributed by atoms with van der Waals surface area (Å²) in [6.45, 7) is 3.62. The fourth-order valence-electron chi connectivity index (χ4n) is 2.50. The van der Waals surface area contributed by atoms with Crippen LogP contribution in [0.2, 0.25) is 0 Å². The van der Waals surface area contributed by atoms with Gasteiger partial charge in [0.15, 0.2) is 5.69 Å². The molecule has 2 rings (SSSR count). The quantitative estimate of drug-likeness (QED) is 0.875. The van der Waals surface area contributed by atoms with Gasteiger partial charge in [0.2, 0.25) is 5.95 Å². The molecule has 0 bridgehead atoms. The van der Waals surface area contributed by atoms with Crippen LogP contribution in [0.25, 0.3) is 0 Å². The van der Waals surface area contributed by atoms with E-state index in [0.29, 0.717) is 17.7 Å². The van der Waals surface area contributed by atoms with E-state index in [0.717, 1.165) is 25.9 Å². The Morgan fingerprint density at radius 1 is 1.53 bits per heavy atom. The standard InChI is InChI=1S/C13H20N4O2/c1-9-7-11(12(18)19)15-13(14-9)17-6-4-5-10(17)8-16(2)3/h7,10H,4-6,8H2,1-3H3,(H,18,19). The van der Waals surface area contributed by atoms with E-state index in [2.05, 4.69) is 19.8 Å². The van der Waals surface area contributed by atoms with Crippen LogP contribution in [0.5, 0.6) is 0 Å². The molecule has 1 aromatic heterocycles. The van der Waals surface area contributed by atoms with Crippen molar-refractivity contribution in [2.45, 2.75) is 25.8 Å². The van der Waals surface area contributed by atoms with Crippen LogP contribution in [0, 0.1) is 6.92 Å². The first-order valence-electron chi connectivity index (χ1n) is 6.47. The summed E-state index contributed by atoms with van der Waals surface area (Å²) in [6.07, 6.45) is 2.19. The summed E-state index contributed by atoms with van der Waals surface area (Å²) >= 11 is 0. The topological polar surface area (TPSA) is 69.6 Å². The summed E-state index contributed by atoms with van der Waals surface area (Å²) in [7, 11) is 4.08. The highest BCUT2D eigenvalue weighted by atomic mass is 16.4. The van der Waals surface area contributed by atoms with E-state index in [1.165, 1.54) is 6.07 Å². The predicted molar refractivity (Wildman–Crippen MR) is 72.7 cm³/mol. The van der Waals surface area contributed by atoms with Crippen molar-refractivity contribution < 1.29 is 9.90 Å². The van der Waals surface area contributed by atoms with Crippen LogP contribution in [-0.4, -0.2) is 59.2 Å². The van der Waals surface area contributed by atoms with Crippen molar-refractivity contribution in [3.8, 4) is 0 Å². The molecule has 1 saturated heterocycles. The first-order chi connectivity index (χ1) is 8.97. The molecular formula is C13H20N4O2. The van der Waals surface area contributed by atoms with Gasteiger partial charge in [0.25, 0.3) is 0 Å². The summed E-state index contributed by atoms with van der Waals surface area (Å²) in [4.78, 5) is 23.9. The molecule has 104 valence electrons. The molecule has 19 heavy (non-hydrogen) atoms. The number of rotatable bonds is 4. The van der Waals surface area contributed by atoms with E-state index in [1.54, 1.807) is 6.92 Å². The lowest BCUT2D eigenvalue weighted by Crippen LogP contribution is -2.38. The molecule has 0 saturated carbocycles. The molecule has 6 heteroatoms. The van der Waals surface area contributed by atoms with Crippen molar-refractivity contribution in [2.24, 2.45) is 0 Å². The summed E-state index contributed by atoms with van der Waals surface area (Å²) in [5.74, 6) is -0.461. The number of aromatic nitrogens is 2. The molecule has 0 radical (unpaired) electrons. The SMILES string of the molecule is Cc1cc(C(=O)O)nc(N2CCCC2CN(C)C)n1. The third kappa shape index (κ3) is 3.20. The van der Waals surface area contributed by atoms with Gasteiger partial charge in [0, 0.05) is 24.8 Å². The summed E-state index contributed by atoms with van der Waals surface area (Å²) in [5, 5.41) is 9.07. The lowest BCUT2D eigenvalue weighted by molar-refractivity contribution is 0.0690. The maximum Gasteiger partial charge on any atom is 0.354 e. The van der Waals surface area contributed by atoms with Gasteiger partial charge in [0.05, 0.1) is 0 Å². The molecule has 0 amide bonds. The minimum Gasteiger partial charge on any atom is -0.477 e. The largest absolute Gasteiger partial charge is 0.477 e. The van der Waals surface area contributed by atoms with Crippen molar-refractivity contribution in [3.05, 3.63) is 17.5 Å². The smallest absolute Gasteiger partial charge is 0.354 e. The van der Waals surface area contributed by atoms with Crippen LogP contribution in [-0.2, 0) is 0 Å². The van der Waals surface area contributed by atoms with Gasteiger partial charge >= 0.3 is 5.97 Å². The average Bonchev–Trinajstić information content (AvgIpc) is 2.75. The molecule has 1 N–H and O–H groups in total. The second-order valence-electron chi connectivity index (χ2n) is 5.25. The minimum atomic E-state index is -1.00. The zero-order valence-electron chi connectivity index (χ0n) is 11.6. The summed E-state index contributed by atoms with van der Waals surface area (Å²) < 4.78 is 0. The van der Waals surface area contributed by atoms with E-state index in [1.807, 2.05) is 14.1 Å². The fourth-order valence-corrected chi connectivity index (χ4v) is 2.50. The first-order valence-corrected chi connectivity index (χ1v) is 6.47. The van der Waals surface area contributed by atoms with Gasteiger partial charge in [-0.3, -0.25) is 0 Å². The third-order valence-corrected chi connectivity index (χ3v) is 3.27. The van der Waals surface area contributed by atoms with E-state index >= 15 is 0 Å². The van der Waals surface area contributed by atoms with Crippen molar-refractivity contribution >= 4 is 11.9 Å². The molecular weight excluding hydrogens is 244 g/mol. The first kappa shape index (κ1) is 13.7. The lowest BCUT2D eigenvalue weighted by atomic mass is 10.2. The Morgan fingerprint density at radius 3 is 2.89 bits per heavy atom. The van der Waals surface area contributed by atoms with E-state index < -0.39 is 5.97 Å². The van der Waals surface area contributed by atoms with Crippen molar-refractivity contribution in [1.29, 1.82) is 0 Å². The number of aryl methyl sites for hydroxylation is 1. The van der Waals surface area contributed by atoms with Crippen molar-refractivity contribution in [2.75, 3.05) is 32.1 Å². The number of carboxylic acid groups (broad SMARTS) is 1. The predicted octanol–water partition coefficient (Wildman–Crippen LogP) is 1.01. The van der Waals surface area contributed by atoms with Crippen molar-refractivity contribution in [3.63, 3.8) is 0 Å². The number of nitrogens with zero attached hydrogens (tertiary/aromatic N) is 4. The number of hydrogen-bond donors (Lipinski definition) is 1. The van der Waals surface area contributed by atoms with Crippen molar-refractivity contribution in [1.82, 2.24) is 14.9 Å². The van der Waals surface area contributed by atoms with E-state index in [4.69, 9.17) is 5.11 Å². The maximum absolute atomic E-state index is 11.1. The van der Waals surface area contributed by atoms with Crippen LogP contribution in [0.15, 0.2) is 6.07 Å². The van der Waals surface area contributed by atoms with Gasteiger partial charge in [-0.15, -0.1) is 0 Å². The summed E-state index contributed by atoms with van der Waals surface area (Å²) in [6, 6.07) is 1.86. The maximum atomic E-state index is 11.1. The molecule has 1 atom stereocenters. The Balaban J connectivity index is 2.27. The Morgan fingerprint density at radius 2 is 2.26 bits per heavy atom. The molecule has 1 aromatic rings. The molecule has 0 spiro atoms. The molecule has 1 unspecified atom stereocenters. The number of hydrogen-bond acceptors (Lipinski definition) is 5. The number of likely N-dealkylation sites (N-methyl/N-ethyl adjacent to an activating group) is 1. The molecule has 0 aliphatic carbocycles. The molecule has 6 nitrogen and oxygen atoms in total. The number of anilines is 1. The fraction of sp³-hybridized carbons (Fsp3) is 0.615. The van der Waals surface area contributed by atoms with Gasteiger partial charge in [-0.25, -0.2) is 14.8 Å². The highest BCUT2D eigenvalue weighted by Crippen LogP contribution is 2.23. The molecule has 0 aromatic carbocycles. The second-order valence-corrected chi connectivity index (χ2v) is 5.25. The van der Waals surface area contributed by atoms with Gasteiger partial charge in [-0.1, -0.05) is 0 Å². The van der Waals surface area contributed by atoms with Crippen LogP contribution >= 0.6 is 0 Å². The highest BCUT2D eigenvalue weighted by Gasteiger charge is 2.27. The zero-order chi connectivity index (χ0) is 14.0. The van der Waals surface area contributed by atoms with Gasteiger partial charge in [-0.05, 0) is 39.9 Å². The number of carboxylic acids is 1. The molecule has 1 aliphatic rings. The van der Waals surface area contributed by atoms with E-state index in [9.17, 15) is 4.79 Å². The Hall–Kier alpha value is -1.69. The minimum absolute atomic E-state index is 0.0676. The van der Waals surface area contributed by atoms with Gasteiger partial charge in [0.1, 0.15) is 0 Å². The number of carbonyl (C=O) groups is 1. The van der Waals surface area contributed by atoms with Crippen LogP contribution in [0.1, 0.15) is 29.0 Å². The number of aromatic carboxylic acids is 1. The average molecular weight is 264 g/mol. The van der Waals surface area contributed by atoms with Crippen LogP contribution < -0.4 is 4.90 Å². The Labute approximate surface area is 113 Å².